The van der Waals surface area contributed by atoms with Gasteiger partial charge < -0.3 is 5.73 Å². The van der Waals surface area contributed by atoms with Crippen LogP contribution in [0, 0.1) is 0 Å². The first-order valence-corrected chi connectivity index (χ1v) is 5.87. The summed E-state index contributed by atoms with van der Waals surface area (Å²) in [4.78, 5) is 23.3. The molecule has 0 radical (unpaired) electrons. The van der Waals surface area contributed by atoms with Crippen LogP contribution in [0.5, 0.6) is 0 Å². The lowest BCUT2D eigenvalue weighted by Gasteiger charge is -2.01. The molecule has 0 saturated carbocycles. The van der Waals surface area contributed by atoms with Gasteiger partial charge in [0, 0.05) is 11.6 Å². The molecular formula is C9H8ClN5OS. The molecule has 3 N–H and O–H groups in total. The molecule has 0 spiro atoms. The molecule has 2 heterocycles. The topological polar surface area (TPSA) is 93.8 Å². The zero-order valence-corrected chi connectivity index (χ0v) is 10.1. The van der Waals surface area contributed by atoms with Gasteiger partial charge >= 0.3 is 0 Å². The number of nitrogens with zero attached hydrogens (tertiary/aromatic N) is 3. The zero-order valence-electron chi connectivity index (χ0n) is 8.55. The molecule has 0 aliphatic carbocycles. The summed E-state index contributed by atoms with van der Waals surface area (Å²) >= 11 is 6.95. The van der Waals surface area contributed by atoms with Crippen molar-refractivity contribution in [2.45, 2.75) is 6.42 Å². The fourth-order valence-corrected chi connectivity index (χ4v) is 1.83. The number of halogens is 1. The van der Waals surface area contributed by atoms with Gasteiger partial charge in [-0.05, 0) is 6.07 Å². The Balaban J connectivity index is 1.98. The number of aromatic nitrogens is 3. The molecule has 0 atom stereocenters. The van der Waals surface area contributed by atoms with Gasteiger partial charge in [-0.2, -0.15) is 0 Å². The Labute approximate surface area is 106 Å². The van der Waals surface area contributed by atoms with Crippen LogP contribution in [-0.4, -0.2) is 20.9 Å². The van der Waals surface area contributed by atoms with Crippen molar-refractivity contribution < 1.29 is 4.79 Å². The maximum Gasteiger partial charge on any atom is 0.232 e. The summed E-state index contributed by atoms with van der Waals surface area (Å²) in [5.41, 5.74) is 6.08. The van der Waals surface area contributed by atoms with Crippen LogP contribution in [-0.2, 0) is 11.2 Å². The monoisotopic (exact) mass is 269 g/mol. The fourth-order valence-electron chi connectivity index (χ4n) is 1.13. The molecule has 0 aromatic carbocycles. The van der Waals surface area contributed by atoms with Crippen molar-refractivity contribution in [1.29, 1.82) is 0 Å². The predicted molar refractivity (Wildman–Crippen MR) is 65.9 cm³/mol. The van der Waals surface area contributed by atoms with Gasteiger partial charge in [-0.15, -0.1) is 11.3 Å². The minimum atomic E-state index is -0.266. The van der Waals surface area contributed by atoms with Crippen molar-refractivity contribution in [3.05, 3.63) is 28.5 Å². The number of hydrogen-bond acceptors (Lipinski definition) is 6. The highest BCUT2D eigenvalue weighted by atomic mass is 35.5. The molecule has 2 rings (SSSR count). The van der Waals surface area contributed by atoms with E-state index in [4.69, 9.17) is 17.3 Å². The predicted octanol–water partition coefficient (Wildman–Crippen LogP) is 1.35. The maximum atomic E-state index is 11.6. The average Bonchev–Trinajstić information content (AvgIpc) is 2.63. The summed E-state index contributed by atoms with van der Waals surface area (Å²) in [6.45, 7) is 0. The van der Waals surface area contributed by atoms with Gasteiger partial charge in [-0.1, -0.05) is 11.6 Å². The molecule has 17 heavy (non-hydrogen) atoms. The molecular weight excluding hydrogens is 262 g/mol. The highest BCUT2D eigenvalue weighted by molar-refractivity contribution is 7.13. The first kappa shape index (κ1) is 11.7. The van der Waals surface area contributed by atoms with Gasteiger partial charge in [-0.25, -0.2) is 15.0 Å². The quantitative estimate of drug-likeness (QED) is 0.821. The standard InChI is InChI=1S/C9H8ClN5OS/c10-6-1-2-12-9(14-6)15-7(16)3-5-4-17-8(11)13-5/h1-2,4H,3H2,(H2,11,13)(H,12,14,15,16). The number of rotatable bonds is 3. The highest BCUT2D eigenvalue weighted by Gasteiger charge is 2.08. The third-order valence-electron chi connectivity index (χ3n) is 1.78. The minimum Gasteiger partial charge on any atom is -0.375 e. The van der Waals surface area contributed by atoms with Crippen LogP contribution in [0.4, 0.5) is 11.1 Å². The highest BCUT2D eigenvalue weighted by Crippen LogP contribution is 2.12. The Kier molecular flexibility index (Phi) is 3.50. The van der Waals surface area contributed by atoms with E-state index in [1.165, 1.54) is 23.6 Å². The number of nitrogens with one attached hydrogen (secondary N) is 1. The molecule has 0 aliphatic heterocycles. The van der Waals surface area contributed by atoms with E-state index in [2.05, 4.69) is 20.3 Å². The van der Waals surface area contributed by atoms with Crippen LogP contribution in [0.15, 0.2) is 17.6 Å². The zero-order chi connectivity index (χ0) is 12.3. The number of carbonyl (C=O) groups excluding carboxylic acids is 1. The Morgan fingerprint density at radius 3 is 3.00 bits per heavy atom. The summed E-state index contributed by atoms with van der Waals surface area (Å²) in [6.07, 6.45) is 1.59. The lowest BCUT2D eigenvalue weighted by Crippen LogP contribution is -2.16. The number of hydrogen-bond donors (Lipinski definition) is 2. The number of carbonyl (C=O) groups is 1. The minimum absolute atomic E-state index is 0.129. The second-order valence-corrected chi connectivity index (χ2v) is 4.38. The van der Waals surface area contributed by atoms with E-state index in [0.29, 0.717) is 10.8 Å². The van der Waals surface area contributed by atoms with Gasteiger partial charge in [0.15, 0.2) is 5.13 Å². The fraction of sp³-hybridized carbons (Fsp3) is 0.111. The molecule has 0 fully saturated rings. The Morgan fingerprint density at radius 2 is 2.35 bits per heavy atom. The lowest BCUT2D eigenvalue weighted by atomic mass is 10.3. The van der Waals surface area contributed by atoms with Crippen LogP contribution in [0.1, 0.15) is 5.69 Å². The number of thiazole rings is 1. The summed E-state index contributed by atoms with van der Waals surface area (Å²) in [5, 5.41) is 4.96. The van der Waals surface area contributed by atoms with Crippen molar-refractivity contribution in [1.82, 2.24) is 15.0 Å². The van der Waals surface area contributed by atoms with E-state index in [0.717, 1.165) is 0 Å². The van der Waals surface area contributed by atoms with Crippen molar-refractivity contribution in [3.63, 3.8) is 0 Å². The van der Waals surface area contributed by atoms with Crippen LogP contribution < -0.4 is 11.1 Å². The molecule has 0 aliphatic rings. The first-order chi connectivity index (χ1) is 8.13. The molecule has 2 aromatic rings. The van der Waals surface area contributed by atoms with Gasteiger partial charge in [0.05, 0.1) is 12.1 Å². The summed E-state index contributed by atoms with van der Waals surface area (Å²) in [7, 11) is 0. The average molecular weight is 270 g/mol. The molecule has 1 amide bonds. The Hall–Kier alpha value is -1.73. The van der Waals surface area contributed by atoms with Crippen molar-refractivity contribution >= 4 is 39.9 Å². The first-order valence-electron chi connectivity index (χ1n) is 4.62. The third-order valence-corrected chi connectivity index (χ3v) is 2.72. The van der Waals surface area contributed by atoms with E-state index < -0.39 is 0 Å². The Bertz CT molecular complexity index is 544. The van der Waals surface area contributed by atoms with Crippen molar-refractivity contribution in [2.75, 3.05) is 11.1 Å². The van der Waals surface area contributed by atoms with Crippen molar-refractivity contribution in [2.24, 2.45) is 0 Å². The van der Waals surface area contributed by atoms with Gasteiger partial charge in [0.2, 0.25) is 11.9 Å². The van der Waals surface area contributed by atoms with E-state index in [-0.39, 0.29) is 23.4 Å². The molecule has 8 heteroatoms. The summed E-state index contributed by atoms with van der Waals surface area (Å²) < 4.78 is 0. The molecule has 0 bridgehead atoms. The van der Waals surface area contributed by atoms with Gasteiger partial charge in [0.25, 0.3) is 0 Å². The normalized spacial score (nSPS) is 10.2. The molecule has 2 aromatic heterocycles. The van der Waals surface area contributed by atoms with E-state index in [9.17, 15) is 4.79 Å². The second-order valence-electron chi connectivity index (χ2n) is 3.11. The van der Waals surface area contributed by atoms with Crippen LogP contribution in [0.2, 0.25) is 5.15 Å². The largest absolute Gasteiger partial charge is 0.375 e. The van der Waals surface area contributed by atoms with Crippen molar-refractivity contribution in [3.8, 4) is 0 Å². The van der Waals surface area contributed by atoms with Gasteiger partial charge in [-0.3, -0.25) is 10.1 Å². The number of anilines is 2. The molecule has 0 saturated heterocycles. The van der Waals surface area contributed by atoms with Crippen LogP contribution in [0.3, 0.4) is 0 Å². The van der Waals surface area contributed by atoms with Crippen LogP contribution in [0.25, 0.3) is 0 Å². The Morgan fingerprint density at radius 1 is 1.53 bits per heavy atom. The van der Waals surface area contributed by atoms with Crippen LogP contribution >= 0.6 is 22.9 Å². The molecule has 6 nitrogen and oxygen atoms in total. The number of nitrogens with two attached hydrogens (primary N) is 1. The van der Waals surface area contributed by atoms with E-state index >= 15 is 0 Å². The third kappa shape index (κ3) is 3.36. The summed E-state index contributed by atoms with van der Waals surface area (Å²) in [5.74, 6) is -0.0942. The van der Waals surface area contributed by atoms with E-state index in [1.807, 2.05) is 0 Å². The second kappa shape index (κ2) is 5.07. The van der Waals surface area contributed by atoms with Gasteiger partial charge in [0.1, 0.15) is 5.15 Å². The maximum absolute atomic E-state index is 11.6. The smallest absolute Gasteiger partial charge is 0.232 e. The molecule has 88 valence electrons. The van der Waals surface area contributed by atoms with E-state index in [1.54, 1.807) is 5.38 Å². The number of amides is 1. The lowest BCUT2D eigenvalue weighted by molar-refractivity contribution is -0.115. The summed E-state index contributed by atoms with van der Waals surface area (Å²) in [6, 6.07) is 1.53. The number of nitrogen functional groups attached to an aromatic ring is 1. The molecule has 0 unspecified atom stereocenters. The SMILES string of the molecule is Nc1nc(CC(=O)Nc2nccc(Cl)n2)cs1.